The largest absolute Gasteiger partial charge is 0.479 e. The molecule has 2 N–H and O–H groups in total. The summed E-state index contributed by atoms with van der Waals surface area (Å²) in [7, 11) is 0. The zero-order valence-electron chi connectivity index (χ0n) is 7.62. The fourth-order valence-corrected chi connectivity index (χ4v) is 1.07. The first-order chi connectivity index (χ1) is 7.23. The molecule has 1 atom stereocenters. The van der Waals surface area contributed by atoms with Gasteiger partial charge in [-0.1, -0.05) is 6.07 Å². The molecule has 0 unspecified atom stereocenters. The summed E-state index contributed by atoms with van der Waals surface area (Å²) in [6, 6.07) is 1.45. The number of aliphatic carboxylic acids is 1. The van der Waals surface area contributed by atoms with Crippen molar-refractivity contribution in [3.05, 3.63) is 35.1 Å². The Bertz CT molecular complexity index is 414. The molecule has 1 rings (SSSR count). The topological polar surface area (TPSA) is 57.5 Å². The first-order valence-corrected chi connectivity index (χ1v) is 4.01. The molecule has 0 aliphatic heterocycles. The molecule has 88 valence electrons. The monoisotopic (exact) mass is 238 g/mol. The average Bonchev–Trinajstić information content (AvgIpc) is 2.14. The minimum absolute atomic E-state index is 0.349. The van der Waals surface area contributed by atoms with E-state index in [0.717, 1.165) is 0 Å². The van der Waals surface area contributed by atoms with Crippen LogP contribution in [0.25, 0.3) is 0 Å². The first kappa shape index (κ1) is 12.4. The summed E-state index contributed by atoms with van der Waals surface area (Å²) in [5, 5.41) is 17.3. The number of benzene rings is 1. The van der Waals surface area contributed by atoms with E-state index in [1.165, 1.54) is 0 Å². The zero-order valence-corrected chi connectivity index (χ0v) is 7.62. The van der Waals surface area contributed by atoms with Crippen LogP contribution in [0.15, 0.2) is 18.2 Å². The number of aliphatic hydroxyl groups excluding tert-OH is 1. The lowest BCUT2D eigenvalue weighted by Gasteiger charge is -2.10. The Hall–Kier alpha value is -1.63. The smallest absolute Gasteiger partial charge is 0.419 e. The van der Waals surface area contributed by atoms with Gasteiger partial charge < -0.3 is 10.2 Å². The van der Waals surface area contributed by atoms with Crippen LogP contribution in [0.5, 0.6) is 0 Å². The van der Waals surface area contributed by atoms with Crippen molar-refractivity contribution >= 4 is 5.97 Å². The number of alkyl halides is 3. The second-order valence-electron chi connectivity index (χ2n) is 2.98. The van der Waals surface area contributed by atoms with Crippen LogP contribution < -0.4 is 0 Å². The third kappa shape index (κ3) is 2.48. The van der Waals surface area contributed by atoms with Crippen molar-refractivity contribution in [2.45, 2.75) is 12.3 Å². The summed E-state index contributed by atoms with van der Waals surface area (Å²) in [5.41, 5.74) is -1.95. The van der Waals surface area contributed by atoms with Gasteiger partial charge in [-0.15, -0.1) is 0 Å². The van der Waals surface area contributed by atoms with Crippen molar-refractivity contribution in [1.29, 1.82) is 0 Å². The van der Waals surface area contributed by atoms with Crippen molar-refractivity contribution in [3.8, 4) is 0 Å². The maximum atomic E-state index is 12.9. The second-order valence-corrected chi connectivity index (χ2v) is 2.98. The van der Waals surface area contributed by atoms with E-state index < -0.39 is 35.2 Å². The SMILES string of the molecule is O=C(O)[C@@H](O)c1ccc(C(F)(F)F)c(F)c1. The molecule has 0 aliphatic carbocycles. The highest BCUT2D eigenvalue weighted by atomic mass is 19.4. The summed E-state index contributed by atoms with van der Waals surface area (Å²) < 4.78 is 49.3. The lowest BCUT2D eigenvalue weighted by Crippen LogP contribution is -2.13. The van der Waals surface area contributed by atoms with E-state index in [1.54, 1.807) is 0 Å². The minimum Gasteiger partial charge on any atom is -0.479 e. The van der Waals surface area contributed by atoms with Crippen molar-refractivity contribution in [1.82, 2.24) is 0 Å². The quantitative estimate of drug-likeness (QED) is 0.774. The molecule has 0 aliphatic rings. The van der Waals surface area contributed by atoms with Crippen molar-refractivity contribution < 1.29 is 32.6 Å². The van der Waals surface area contributed by atoms with Crippen LogP contribution in [0.3, 0.4) is 0 Å². The summed E-state index contributed by atoms with van der Waals surface area (Å²) in [6.07, 6.45) is -6.90. The van der Waals surface area contributed by atoms with E-state index in [4.69, 9.17) is 10.2 Å². The molecule has 0 radical (unpaired) electrons. The van der Waals surface area contributed by atoms with Crippen LogP contribution in [0.1, 0.15) is 17.2 Å². The van der Waals surface area contributed by atoms with Crippen LogP contribution in [0, 0.1) is 5.82 Å². The Balaban J connectivity index is 3.14. The fourth-order valence-electron chi connectivity index (χ4n) is 1.07. The van der Waals surface area contributed by atoms with Crippen LogP contribution in [0.4, 0.5) is 17.6 Å². The van der Waals surface area contributed by atoms with E-state index in [-0.39, 0.29) is 0 Å². The van der Waals surface area contributed by atoms with Gasteiger partial charge in [-0.25, -0.2) is 9.18 Å². The molecule has 0 bridgehead atoms. The summed E-state index contributed by atoms with van der Waals surface area (Å²) >= 11 is 0. The molecule has 0 aromatic heterocycles. The lowest BCUT2D eigenvalue weighted by atomic mass is 10.1. The highest BCUT2D eigenvalue weighted by Crippen LogP contribution is 2.32. The maximum Gasteiger partial charge on any atom is 0.419 e. The van der Waals surface area contributed by atoms with Crippen molar-refractivity contribution in [3.63, 3.8) is 0 Å². The summed E-state index contributed by atoms with van der Waals surface area (Å²) in [6.45, 7) is 0. The normalized spacial score (nSPS) is 13.6. The van der Waals surface area contributed by atoms with E-state index in [9.17, 15) is 22.4 Å². The number of hydrogen-bond acceptors (Lipinski definition) is 2. The number of carboxylic acids is 1. The molecular weight excluding hydrogens is 232 g/mol. The molecule has 0 saturated heterocycles. The molecule has 0 fully saturated rings. The summed E-state index contributed by atoms with van der Waals surface area (Å²) in [5.74, 6) is -3.29. The molecule has 0 spiro atoms. The molecule has 16 heavy (non-hydrogen) atoms. The van der Waals surface area contributed by atoms with Gasteiger partial charge in [0.15, 0.2) is 6.10 Å². The van der Waals surface area contributed by atoms with Crippen molar-refractivity contribution in [2.24, 2.45) is 0 Å². The molecule has 3 nitrogen and oxygen atoms in total. The number of halogens is 4. The number of hydrogen-bond donors (Lipinski definition) is 2. The predicted molar refractivity (Wildman–Crippen MR) is 44.0 cm³/mol. The highest BCUT2D eigenvalue weighted by molar-refractivity contribution is 5.74. The van der Waals surface area contributed by atoms with Gasteiger partial charge >= 0.3 is 12.1 Å². The van der Waals surface area contributed by atoms with Gasteiger partial charge in [-0.3, -0.25) is 0 Å². The Labute approximate surface area is 86.9 Å². The first-order valence-electron chi connectivity index (χ1n) is 4.01. The van der Waals surface area contributed by atoms with Gasteiger partial charge in [-0.05, 0) is 17.7 Å². The van der Waals surface area contributed by atoms with E-state index in [0.29, 0.717) is 18.2 Å². The Morgan fingerprint density at radius 3 is 2.25 bits per heavy atom. The highest BCUT2D eigenvalue weighted by Gasteiger charge is 2.34. The van der Waals surface area contributed by atoms with Gasteiger partial charge in [0.1, 0.15) is 5.82 Å². The number of aliphatic hydroxyl groups is 1. The predicted octanol–water partition coefficient (Wildman–Crippen LogP) is 1.96. The number of rotatable bonds is 2. The molecule has 0 amide bonds. The third-order valence-corrected chi connectivity index (χ3v) is 1.85. The molecule has 0 saturated carbocycles. The average molecular weight is 238 g/mol. The summed E-state index contributed by atoms with van der Waals surface area (Å²) in [4.78, 5) is 10.3. The van der Waals surface area contributed by atoms with Gasteiger partial charge in [0.25, 0.3) is 0 Å². The van der Waals surface area contributed by atoms with Crippen LogP contribution in [-0.2, 0) is 11.0 Å². The van der Waals surface area contributed by atoms with E-state index in [2.05, 4.69) is 0 Å². The fraction of sp³-hybridized carbons (Fsp3) is 0.222. The van der Waals surface area contributed by atoms with Crippen LogP contribution >= 0.6 is 0 Å². The van der Waals surface area contributed by atoms with Crippen LogP contribution in [-0.4, -0.2) is 16.2 Å². The minimum atomic E-state index is -4.85. The van der Waals surface area contributed by atoms with Crippen molar-refractivity contribution in [2.75, 3.05) is 0 Å². The number of carboxylic acid groups (broad SMARTS) is 1. The maximum absolute atomic E-state index is 12.9. The van der Waals surface area contributed by atoms with Gasteiger partial charge in [-0.2, -0.15) is 13.2 Å². The Morgan fingerprint density at radius 1 is 1.31 bits per heavy atom. The zero-order chi connectivity index (χ0) is 12.5. The molecular formula is C9H6F4O3. The second kappa shape index (κ2) is 4.09. The van der Waals surface area contributed by atoms with Gasteiger partial charge in [0.2, 0.25) is 0 Å². The Morgan fingerprint density at radius 2 is 1.88 bits per heavy atom. The van der Waals surface area contributed by atoms with E-state index in [1.807, 2.05) is 0 Å². The third-order valence-electron chi connectivity index (χ3n) is 1.85. The molecule has 1 aromatic rings. The standard InChI is InChI=1S/C9H6F4O3/c10-6-3-4(7(14)8(15)16)1-2-5(6)9(11,12)13/h1-3,7,14H,(H,15,16)/t7-/m0/s1. The van der Waals surface area contributed by atoms with Gasteiger partial charge in [0, 0.05) is 0 Å². The van der Waals surface area contributed by atoms with E-state index >= 15 is 0 Å². The van der Waals surface area contributed by atoms with Gasteiger partial charge in [0.05, 0.1) is 5.56 Å². The van der Waals surface area contributed by atoms with Crippen LogP contribution in [0.2, 0.25) is 0 Å². The molecule has 7 heteroatoms. The Kier molecular flexibility index (Phi) is 3.18. The molecule has 1 aromatic carbocycles. The molecule has 0 heterocycles. The number of carbonyl (C=O) groups is 1. The lowest BCUT2D eigenvalue weighted by molar-refractivity contribution is -0.146.